The zero-order valence-corrected chi connectivity index (χ0v) is 13.9. The molecule has 0 spiro atoms. The molecular formula is C19H19N5O. The van der Waals surface area contributed by atoms with Crippen LogP contribution < -0.4 is 10.6 Å². The highest BCUT2D eigenvalue weighted by Crippen LogP contribution is 2.11. The highest BCUT2D eigenvalue weighted by atomic mass is 16.1. The number of amides is 1. The lowest BCUT2D eigenvalue weighted by atomic mass is 10.1. The molecule has 1 aromatic carbocycles. The van der Waals surface area contributed by atoms with Gasteiger partial charge in [-0.2, -0.15) is 0 Å². The van der Waals surface area contributed by atoms with Gasteiger partial charge in [0.05, 0.1) is 18.7 Å². The third-order valence-electron chi connectivity index (χ3n) is 3.72. The molecule has 3 rings (SSSR count). The van der Waals surface area contributed by atoms with Crippen LogP contribution in [0.2, 0.25) is 0 Å². The van der Waals surface area contributed by atoms with Crippen molar-refractivity contribution in [1.29, 1.82) is 0 Å². The van der Waals surface area contributed by atoms with Gasteiger partial charge in [-0.25, -0.2) is 0 Å². The number of aromatic nitrogens is 3. The van der Waals surface area contributed by atoms with E-state index in [4.69, 9.17) is 0 Å². The molecule has 0 unspecified atom stereocenters. The molecule has 3 aromatic rings. The van der Waals surface area contributed by atoms with Gasteiger partial charge in [-0.05, 0) is 42.3 Å². The third-order valence-corrected chi connectivity index (χ3v) is 3.72. The number of anilines is 2. The molecule has 0 aliphatic rings. The Bertz CT molecular complexity index is 834. The summed E-state index contributed by atoms with van der Waals surface area (Å²) in [6.07, 6.45) is 2.06. The molecule has 25 heavy (non-hydrogen) atoms. The predicted molar refractivity (Wildman–Crippen MR) is 97.1 cm³/mol. The maximum absolute atomic E-state index is 12.1. The van der Waals surface area contributed by atoms with Crippen molar-refractivity contribution in [3.63, 3.8) is 0 Å². The first kappa shape index (κ1) is 16.6. The topological polar surface area (TPSA) is 79.8 Å². The number of rotatable bonds is 6. The summed E-state index contributed by atoms with van der Waals surface area (Å²) >= 11 is 0. The quantitative estimate of drug-likeness (QED) is 0.725. The predicted octanol–water partition coefficient (Wildman–Crippen LogP) is 2.97. The molecule has 2 N–H and O–H groups in total. The number of carbonyl (C=O) groups is 1. The Balaban J connectivity index is 1.53. The van der Waals surface area contributed by atoms with Crippen molar-refractivity contribution in [3.05, 3.63) is 77.6 Å². The van der Waals surface area contributed by atoms with Gasteiger partial charge in [0.15, 0.2) is 5.82 Å². The van der Waals surface area contributed by atoms with Crippen LogP contribution >= 0.6 is 0 Å². The molecule has 0 aliphatic heterocycles. The summed E-state index contributed by atoms with van der Waals surface area (Å²) in [4.78, 5) is 16.4. The van der Waals surface area contributed by atoms with Crippen molar-refractivity contribution in [2.75, 3.05) is 10.6 Å². The summed E-state index contributed by atoms with van der Waals surface area (Å²) in [5, 5.41) is 14.0. The Hall–Kier alpha value is -3.28. The first-order valence-electron chi connectivity index (χ1n) is 8.02. The summed E-state index contributed by atoms with van der Waals surface area (Å²) < 4.78 is 0. The van der Waals surface area contributed by atoms with Crippen LogP contribution in [0, 0.1) is 6.92 Å². The zero-order valence-electron chi connectivity index (χ0n) is 13.9. The summed E-state index contributed by atoms with van der Waals surface area (Å²) in [7, 11) is 0. The fourth-order valence-corrected chi connectivity index (χ4v) is 2.35. The van der Waals surface area contributed by atoms with Crippen molar-refractivity contribution < 1.29 is 4.79 Å². The van der Waals surface area contributed by atoms with Crippen molar-refractivity contribution >= 4 is 17.5 Å². The first-order chi connectivity index (χ1) is 12.2. The van der Waals surface area contributed by atoms with E-state index < -0.39 is 0 Å². The second-order valence-corrected chi connectivity index (χ2v) is 5.63. The number of carbonyl (C=O) groups excluding carboxylic acids is 1. The fourth-order valence-electron chi connectivity index (χ4n) is 2.35. The number of nitrogens with one attached hydrogen (secondary N) is 2. The lowest BCUT2D eigenvalue weighted by Crippen LogP contribution is -2.16. The summed E-state index contributed by atoms with van der Waals surface area (Å²) in [5.41, 5.74) is 3.01. The second-order valence-electron chi connectivity index (χ2n) is 5.63. The normalized spacial score (nSPS) is 10.3. The average Bonchev–Trinajstić information content (AvgIpc) is 2.64. The molecule has 2 heterocycles. The number of pyridine rings is 1. The molecule has 6 nitrogen and oxygen atoms in total. The number of hydrogen-bond acceptors (Lipinski definition) is 5. The molecule has 0 saturated heterocycles. The van der Waals surface area contributed by atoms with Crippen LogP contribution in [-0.2, 0) is 17.8 Å². The van der Waals surface area contributed by atoms with Gasteiger partial charge < -0.3 is 10.6 Å². The Morgan fingerprint density at radius 2 is 1.72 bits per heavy atom. The van der Waals surface area contributed by atoms with Crippen molar-refractivity contribution in [2.45, 2.75) is 19.9 Å². The monoisotopic (exact) mass is 333 g/mol. The minimum absolute atomic E-state index is 0.113. The van der Waals surface area contributed by atoms with Crippen LogP contribution in [0.3, 0.4) is 0 Å². The van der Waals surface area contributed by atoms with E-state index in [1.807, 2.05) is 49.4 Å². The maximum atomic E-state index is 12.1. The Morgan fingerprint density at radius 1 is 0.960 bits per heavy atom. The van der Waals surface area contributed by atoms with E-state index in [9.17, 15) is 4.79 Å². The van der Waals surface area contributed by atoms with Crippen LogP contribution in [0.4, 0.5) is 11.6 Å². The number of hydrogen-bond donors (Lipinski definition) is 2. The lowest BCUT2D eigenvalue weighted by Gasteiger charge is -2.07. The minimum atomic E-state index is -0.113. The van der Waals surface area contributed by atoms with Gasteiger partial charge in [0, 0.05) is 6.20 Å². The smallest absolute Gasteiger partial charge is 0.230 e. The molecular weight excluding hydrogens is 314 g/mol. The minimum Gasteiger partial charge on any atom is -0.363 e. The lowest BCUT2D eigenvalue weighted by molar-refractivity contribution is -0.115. The van der Waals surface area contributed by atoms with E-state index in [1.165, 1.54) is 0 Å². The fraction of sp³-hybridized carbons (Fsp3) is 0.158. The van der Waals surface area contributed by atoms with Crippen LogP contribution in [-0.4, -0.2) is 21.1 Å². The largest absolute Gasteiger partial charge is 0.363 e. The van der Waals surface area contributed by atoms with Crippen LogP contribution in [0.1, 0.15) is 16.8 Å². The molecule has 2 aromatic heterocycles. The highest BCUT2D eigenvalue weighted by Gasteiger charge is 2.07. The first-order valence-corrected chi connectivity index (χ1v) is 8.02. The highest BCUT2D eigenvalue weighted by molar-refractivity contribution is 5.91. The van der Waals surface area contributed by atoms with Gasteiger partial charge in [-0.3, -0.25) is 9.78 Å². The molecule has 126 valence electrons. The van der Waals surface area contributed by atoms with E-state index in [0.29, 0.717) is 24.6 Å². The van der Waals surface area contributed by atoms with Crippen molar-refractivity contribution in [3.8, 4) is 0 Å². The SMILES string of the molecule is Cc1ccccc1CC(=O)Nc1ccc(NCc2ccccn2)nn1. The molecule has 0 radical (unpaired) electrons. The Morgan fingerprint density at radius 3 is 2.44 bits per heavy atom. The molecule has 6 heteroatoms. The van der Waals surface area contributed by atoms with E-state index >= 15 is 0 Å². The molecule has 0 fully saturated rings. The Labute approximate surface area is 146 Å². The van der Waals surface area contributed by atoms with Gasteiger partial charge in [0.2, 0.25) is 5.91 Å². The Kier molecular flexibility index (Phi) is 5.31. The molecule has 0 bridgehead atoms. The van der Waals surface area contributed by atoms with Gasteiger partial charge in [-0.1, -0.05) is 30.3 Å². The summed E-state index contributed by atoms with van der Waals surface area (Å²) in [6, 6.07) is 17.1. The standard InChI is InChI=1S/C19H19N5O/c1-14-6-2-3-7-15(14)12-19(25)22-18-10-9-17(23-24-18)21-13-16-8-4-5-11-20-16/h2-11H,12-13H2,1H3,(H,21,23)(H,22,24,25). The number of nitrogens with zero attached hydrogens (tertiary/aromatic N) is 3. The van der Waals surface area contributed by atoms with Gasteiger partial charge in [-0.15, -0.1) is 10.2 Å². The maximum Gasteiger partial charge on any atom is 0.230 e. The van der Waals surface area contributed by atoms with E-state index in [2.05, 4.69) is 25.8 Å². The molecule has 0 aliphatic carbocycles. The van der Waals surface area contributed by atoms with Crippen molar-refractivity contribution in [2.24, 2.45) is 0 Å². The van der Waals surface area contributed by atoms with E-state index in [0.717, 1.165) is 16.8 Å². The number of aryl methyl sites for hydroxylation is 1. The van der Waals surface area contributed by atoms with E-state index in [1.54, 1.807) is 18.3 Å². The second kappa shape index (κ2) is 8.01. The van der Waals surface area contributed by atoms with Gasteiger partial charge >= 0.3 is 0 Å². The number of benzene rings is 1. The summed E-state index contributed by atoms with van der Waals surface area (Å²) in [5.74, 6) is 0.947. The molecule has 0 atom stereocenters. The molecule has 1 amide bonds. The summed E-state index contributed by atoms with van der Waals surface area (Å²) in [6.45, 7) is 2.55. The van der Waals surface area contributed by atoms with Crippen molar-refractivity contribution in [1.82, 2.24) is 15.2 Å². The van der Waals surface area contributed by atoms with Crippen LogP contribution in [0.5, 0.6) is 0 Å². The van der Waals surface area contributed by atoms with Gasteiger partial charge in [0.25, 0.3) is 0 Å². The molecule has 0 saturated carbocycles. The zero-order chi connectivity index (χ0) is 17.5. The van der Waals surface area contributed by atoms with Gasteiger partial charge in [0.1, 0.15) is 5.82 Å². The van der Waals surface area contributed by atoms with Crippen LogP contribution in [0.25, 0.3) is 0 Å². The van der Waals surface area contributed by atoms with Crippen LogP contribution in [0.15, 0.2) is 60.8 Å². The average molecular weight is 333 g/mol. The third kappa shape index (κ3) is 4.84. The van der Waals surface area contributed by atoms with E-state index in [-0.39, 0.29) is 5.91 Å².